The molecule has 29 heavy (non-hydrogen) atoms. The van der Waals surface area contributed by atoms with Gasteiger partial charge in [-0.2, -0.15) is 0 Å². The van der Waals surface area contributed by atoms with Crippen LogP contribution in [0.15, 0.2) is 79.0 Å². The first kappa shape index (κ1) is 18.8. The van der Waals surface area contributed by atoms with E-state index in [9.17, 15) is 4.79 Å². The van der Waals surface area contributed by atoms with Gasteiger partial charge in [0.2, 0.25) is 0 Å². The molecule has 0 saturated heterocycles. The van der Waals surface area contributed by atoms with Crippen LogP contribution in [0.25, 0.3) is 10.9 Å². The molecule has 4 aromatic rings. The molecule has 0 aliphatic heterocycles. The molecule has 4 heteroatoms. The van der Waals surface area contributed by atoms with E-state index in [1.54, 1.807) is 7.11 Å². The fourth-order valence-corrected chi connectivity index (χ4v) is 3.71. The van der Waals surface area contributed by atoms with Gasteiger partial charge in [-0.3, -0.25) is 4.79 Å². The molecule has 0 bridgehead atoms. The molecule has 3 aromatic carbocycles. The number of aromatic nitrogens is 1. The minimum Gasteiger partial charge on any atom is -0.497 e. The molecule has 146 valence electrons. The summed E-state index contributed by atoms with van der Waals surface area (Å²) in [6.07, 6.45) is 2.04. The third-order valence-electron chi connectivity index (χ3n) is 5.26. The summed E-state index contributed by atoms with van der Waals surface area (Å²) in [5, 5.41) is 4.29. The van der Waals surface area contributed by atoms with Gasteiger partial charge in [-0.05, 0) is 48.4 Å². The predicted octanol–water partition coefficient (Wildman–Crippen LogP) is 5.05. The molecule has 1 heterocycles. The third-order valence-corrected chi connectivity index (χ3v) is 5.26. The molecular weight excluding hydrogens is 360 g/mol. The number of hydrogen-bond acceptors (Lipinski definition) is 2. The highest BCUT2D eigenvalue weighted by Gasteiger charge is 2.19. The summed E-state index contributed by atoms with van der Waals surface area (Å²) in [6, 6.07) is 23.9. The van der Waals surface area contributed by atoms with Crippen LogP contribution in [0.5, 0.6) is 5.75 Å². The van der Waals surface area contributed by atoms with Crippen LogP contribution in [0.3, 0.4) is 0 Å². The van der Waals surface area contributed by atoms with Gasteiger partial charge in [0.05, 0.1) is 7.11 Å². The van der Waals surface area contributed by atoms with Crippen molar-refractivity contribution < 1.29 is 9.53 Å². The summed E-state index contributed by atoms with van der Waals surface area (Å²) in [6.45, 7) is 2.49. The number of methoxy groups -OCH3 is 1. The van der Waals surface area contributed by atoms with Gasteiger partial charge < -0.3 is 15.0 Å². The lowest BCUT2D eigenvalue weighted by molar-refractivity contribution is 0.0952. The van der Waals surface area contributed by atoms with Crippen LogP contribution in [-0.4, -0.2) is 24.5 Å². The lowest BCUT2D eigenvalue weighted by Crippen LogP contribution is -2.29. The van der Waals surface area contributed by atoms with Crippen molar-refractivity contribution in [2.75, 3.05) is 13.7 Å². The van der Waals surface area contributed by atoms with Crippen LogP contribution in [0.1, 0.15) is 33.0 Å². The Morgan fingerprint density at radius 3 is 2.59 bits per heavy atom. The number of fused-ring (bicyclic) bond motifs is 1. The van der Waals surface area contributed by atoms with Gasteiger partial charge in [0.25, 0.3) is 5.91 Å². The van der Waals surface area contributed by atoms with E-state index in [0.717, 1.165) is 33.3 Å². The molecule has 1 aromatic heterocycles. The van der Waals surface area contributed by atoms with Crippen LogP contribution in [0.4, 0.5) is 0 Å². The summed E-state index contributed by atoms with van der Waals surface area (Å²) in [4.78, 5) is 16.1. The van der Waals surface area contributed by atoms with Gasteiger partial charge in [0.1, 0.15) is 5.75 Å². The van der Waals surface area contributed by atoms with Crippen molar-refractivity contribution in [3.8, 4) is 5.75 Å². The molecule has 0 saturated carbocycles. The maximum atomic E-state index is 12.7. The van der Waals surface area contributed by atoms with Crippen molar-refractivity contribution in [1.29, 1.82) is 0 Å². The SMILES string of the molecule is COc1ccc([C@H](CNC(=O)c2cccc(C)c2)c2c[nH]c3ccccc23)cc1. The molecular formula is C25H24N2O2. The fraction of sp³-hybridized carbons (Fsp3) is 0.160. The van der Waals surface area contributed by atoms with E-state index in [4.69, 9.17) is 4.74 Å². The molecule has 4 nitrogen and oxygen atoms in total. The molecule has 1 amide bonds. The normalized spacial score (nSPS) is 11.9. The van der Waals surface area contributed by atoms with Gasteiger partial charge >= 0.3 is 0 Å². The van der Waals surface area contributed by atoms with Gasteiger partial charge in [-0.1, -0.05) is 48.0 Å². The Morgan fingerprint density at radius 1 is 1.03 bits per heavy atom. The van der Waals surface area contributed by atoms with Crippen LogP contribution in [-0.2, 0) is 0 Å². The monoisotopic (exact) mass is 384 g/mol. The number of carbonyl (C=O) groups excluding carboxylic acids is 1. The standard InChI is InChI=1S/C25H24N2O2/c1-17-6-5-7-19(14-17)25(28)27-15-22(18-10-12-20(29-2)13-11-18)23-16-26-24-9-4-3-8-21(23)24/h3-14,16,22,26H,15H2,1-2H3,(H,27,28)/t22-/m0/s1. The van der Waals surface area contributed by atoms with Gasteiger partial charge in [0, 0.05) is 35.1 Å². The van der Waals surface area contributed by atoms with Crippen molar-refractivity contribution in [2.45, 2.75) is 12.8 Å². The quantitative estimate of drug-likeness (QED) is 0.489. The van der Waals surface area contributed by atoms with Crippen molar-refractivity contribution in [2.24, 2.45) is 0 Å². The predicted molar refractivity (Wildman–Crippen MR) is 117 cm³/mol. The molecule has 0 aliphatic rings. The van der Waals surface area contributed by atoms with Crippen LogP contribution >= 0.6 is 0 Å². The van der Waals surface area contributed by atoms with Crippen molar-refractivity contribution >= 4 is 16.8 Å². The van der Waals surface area contributed by atoms with Gasteiger partial charge in [0.15, 0.2) is 0 Å². The van der Waals surface area contributed by atoms with Gasteiger partial charge in [-0.25, -0.2) is 0 Å². The summed E-state index contributed by atoms with van der Waals surface area (Å²) in [5.74, 6) is 0.771. The van der Waals surface area contributed by atoms with E-state index in [-0.39, 0.29) is 11.8 Å². The zero-order valence-electron chi connectivity index (χ0n) is 16.6. The van der Waals surface area contributed by atoms with E-state index in [0.29, 0.717) is 12.1 Å². The summed E-state index contributed by atoms with van der Waals surface area (Å²) in [5.41, 5.74) is 5.12. The molecule has 0 aliphatic carbocycles. The minimum atomic E-state index is -0.0629. The number of hydrogen-bond donors (Lipinski definition) is 2. The Kier molecular flexibility index (Phi) is 5.34. The number of aryl methyl sites for hydroxylation is 1. The number of benzene rings is 3. The Hall–Kier alpha value is -3.53. The fourth-order valence-electron chi connectivity index (χ4n) is 3.71. The third kappa shape index (κ3) is 4.02. The average molecular weight is 384 g/mol. The Morgan fingerprint density at radius 2 is 1.83 bits per heavy atom. The number of carbonyl (C=O) groups is 1. The first-order chi connectivity index (χ1) is 14.2. The highest BCUT2D eigenvalue weighted by molar-refractivity contribution is 5.94. The average Bonchev–Trinajstić information content (AvgIpc) is 3.18. The van der Waals surface area contributed by atoms with Crippen LogP contribution in [0.2, 0.25) is 0 Å². The zero-order chi connectivity index (χ0) is 20.2. The van der Waals surface area contributed by atoms with E-state index in [2.05, 4.69) is 34.6 Å². The molecule has 1 atom stereocenters. The van der Waals surface area contributed by atoms with E-state index in [1.807, 2.05) is 61.7 Å². The Labute approximate surface area is 170 Å². The number of aromatic amines is 1. The Bertz CT molecular complexity index is 1130. The topological polar surface area (TPSA) is 54.1 Å². The second kappa shape index (κ2) is 8.23. The minimum absolute atomic E-state index is 0.0193. The van der Waals surface area contributed by atoms with Crippen molar-refractivity contribution in [3.05, 3.63) is 101 Å². The summed E-state index contributed by atoms with van der Waals surface area (Å²) < 4.78 is 5.30. The molecule has 0 radical (unpaired) electrons. The maximum Gasteiger partial charge on any atom is 0.251 e. The first-order valence-corrected chi connectivity index (χ1v) is 9.70. The van der Waals surface area contributed by atoms with E-state index >= 15 is 0 Å². The van der Waals surface area contributed by atoms with E-state index < -0.39 is 0 Å². The lowest BCUT2D eigenvalue weighted by Gasteiger charge is -2.19. The number of para-hydroxylation sites is 1. The second-order valence-electron chi connectivity index (χ2n) is 7.19. The van der Waals surface area contributed by atoms with Gasteiger partial charge in [-0.15, -0.1) is 0 Å². The molecule has 4 rings (SSSR count). The molecule has 2 N–H and O–H groups in total. The number of ether oxygens (including phenoxy) is 1. The lowest BCUT2D eigenvalue weighted by atomic mass is 9.90. The van der Waals surface area contributed by atoms with Crippen LogP contribution < -0.4 is 10.1 Å². The first-order valence-electron chi connectivity index (χ1n) is 9.70. The van der Waals surface area contributed by atoms with Crippen molar-refractivity contribution in [1.82, 2.24) is 10.3 Å². The second-order valence-corrected chi connectivity index (χ2v) is 7.19. The highest BCUT2D eigenvalue weighted by Crippen LogP contribution is 2.31. The number of rotatable bonds is 6. The molecule has 0 unspecified atom stereocenters. The number of H-pyrrole nitrogens is 1. The van der Waals surface area contributed by atoms with Crippen LogP contribution in [0, 0.1) is 6.92 Å². The zero-order valence-corrected chi connectivity index (χ0v) is 16.6. The number of amides is 1. The molecule has 0 spiro atoms. The maximum absolute atomic E-state index is 12.7. The van der Waals surface area contributed by atoms with E-state index in [1.165, 1.54) is 0 Å². The summed E-state index contributed by atoms with van der Waals surface area (Å²) >= 11 is 0. The smallest absolute Gasteiger partial charge is 0.251 e. The molecule has 0 fully saturated rings. The number of nitrogens with one attached hydrogen (secondary N) is 2. The Balaban J connectivity index is 1.65. The summed E-state index contributed by atoms with van der Waals surface area (Å²) in [7, 11) is 1.66. The largest absolute Gasteiger partial charge is 0.497 e. The van der Waals surface area contributed by atoms with Crippen molar-refractivity contribution in [3.63, 3.8) is 0 Å². The highest BCUT2D eigenvalue weighted by atomic mass is 16.5.